The van der Waals surface area contributed by atoms with Crippen molar-refractivity contribution in [2.24, 2.45) is 5.73 Å². The molecule has 7 nitrogen and oxygen atoms in total. The minimum atomic E-state index is -0.749. The van der Waals surface area contributed by atoms with Crippen molar-refractivity contribution in [3.63, 3.8) is 0 Å². The molecule has 7 heteroatoms. The Hall–Kier alpha value is -1.83. The number of carbonyl (C=O) groups excluding carboxylic acids is 1. The molecule has 2 saturated heterocycles. The highest BCUT2D eigenvalue weighted by Gasteiger charge is 2.39. The number of carbonyl (C=O) groups is 1. The van der Waals surface area contributed by atoms with Gasteiger partial charge >= 0.3 is 0 Å². The number of nitrogens with two attached hydrogens (primary N) is 1. The van der Waals surface area contributed by atoms with Crippen molar-refractivity contribution >= 4 is 5.91 Å². The molecule has 2 N–H and O–H groups in total. The highest BCUT2D eigenvalue weighted by atomic mass is 16.5. The molecule has 2 fully saturated rings. The predicted octanol–water partition coefficient (Wildman–Crippen LogP) is 0.856. The van der Waals surface area contributed by atoms with Gasteiger partial charge in [0.1, 0.15) is 11.5 Å². The van der Waals surface area contributed by atoms with E-state index < -0.39 is 5.54 Å². The SMILES string of the molecule is COc1cc(CN2CCN(C(=O)C3(N)CCOCC3)CC2)cc(OC)c1. The van der Waals surface area contributed by atoms with Crippen LogP contribution < -0.4 is 15.2 Å². The number of nitrogens with zero attached hydrogens (tertiary/aromatic N) is 2. The first-order chi connectivity index (χ1) is 12.5. The Labute approximate surface area is 155 Å². The summed E-state index contributed by atoms with van der Waals surface area (Å²) in [4.78, 5) is 17.0. The van der Waals surface area contributed by atoms with Gasteiger partial charge in [-0.15, -0.1) is 0 Å². The van der Waals surface area contributed by atoms with E-state index in [0.717, 1.165) is 36.7 Å². The molecular formula is C19H29N3O4. The molecule has 0 aliphatic carbocycles. The Morgan fingerprint density at radius 2 is 1.65 bits per heavy atom. The van der Waals surface area contributed by atoms with Crippen LogP contribution in [0.15, 0.2) is 18.2 Å². The van der Waals surface area contributed by atoms with Gasteiger partial charge in [-0.1, -0.05) is 0 Å². The molecule has 1 amide bonds. The first-order valence-electron chi connectivity index (χ1n) is 9.14. The van der Waals surface area contributed by atoms with Crippen LogP contribution in [0.25, 0.3) is 0 Å². The maximum atomic E-state index is 12.8. The smallest absolute Gasteiger partial charge is 0.242 e. The largest absolute Gasteiger partial charge is 0.497 e. The van der Waals surface area contributed by atoms with Gasteiger partial charge in [-0.05, 0) is 30.5 Å². The summed E-state index contributed by atoms with van der Waals surface area (Å²) >= 11 is 0. The van der Waals surface area contributed by atoms with Gasteiger partial charge in [-0.2, -0.15) is 0 Å². The monoisotopic (exact) mass is 363 g/mol. The van der Waals surface area contributed by atoms with Gasteiger partial charge in [0, 0.05) is 52.0 Å². The maximum absolute atomic E-state index is 12.8. The molecule has 1 aromatic rings. The minimum Gasteiger partial charge on any atom is -0.497 e. The summed E-state index contributed by atoms with van der Waals surface area (Å²) in [6, 6.07) is 5.92. The van der Waals surface area contributed by atoms with Gasteiger partial charge < -0.3 is 24.8 Å². The second-order valence-electron chi connectivity index (χ2n) is 7.06. The molecule has 0 spiro atoms. The van der Waals surface area contributed by atoms with E-state index in [-0.39, 0.29) is 5.91 Å². The van der Waals surface area contributed by atoms with Crippen molar-refractivity contribution in [3.05, 3.63) is 23.8 Å². The van der Waals surface area contributed by atoms with E-state index in [9.17, 15) is 4.79 Å². The molecule has 0 aromatic heterocycles. The molecule has 2 aliphatic rings. The summed E-state index contributed by atoms with van der Waals surface area (Å²) in [5.41, 5.74) is 6.73. The Morgan fingerprint density at radius 3 is 2.19 bits per heavy atom. The molecule has 0 radical (unpaired) electrons. The van der Waals surface area contributed by atoms with E-state index >= 15 is 0 Å². The van der Waals surface area contributed by atoms with E-state index in [1.165, 1.54) is 0 Å². The van der Waals surface area contributed by atoms with Gasteiger partial charge in [0.15, 0.2) is 0 Å². The number of amides is 1. The highest BCUT2D eigenvalue weighted by Crippen LogP contribution is 2.25. The summed E-state index contributed by atoms with van der Waals surface area (Å²) in [7, 11) is 3.31. The second kappa shape index (κ2) is 8.24. The van der Waals surface area contributed by atoms with E-state index in [2.05, 4.69) is 4.90 Å². The number of methoxy groups -OCH3 is 2. The lowest BCUT2D eigenvalue weighted by Crippen LogP contribution is -2.61. The number of benzene rings is 1. The lowest BCUT2D eigenvalue weighted by atomic mass is 9.89. The molecule has 2 aliphatic heterocycles. The zero-order chi connectivity index (χ0) is 18.6. The van der Waals surface area contributed by atoms with Gasteiger partial charge in [-0.3, -0.25) is 9.69 Å². The fourth-order valence-electron chi connectivity index (χ4n) is 3.59. The van der Waals surface area contributed by atoms with Crippen molar-refractivity contribution in [1.82, 2.24) is 9.80 Å². The van der Waals surface area contributed by atoms with Crippen LogP contribution in [0.3, 0.4) is 0 Å². The topological polar surface area (TPSA) is 77.3 Å². The lowest BCUT2D eigenvalue weighted by molar-refractivity contribution is -0.142. The Morgan fingerprint density at radius 1 is 1.08 bits per heavy atom. The van der Waals surface area contributed by atoms with E-state index in [0.29, 0.717) is 39.1 Å². The summed E-state index contributed by atoms with van der Waals surface area (Å²) in [6.07, 6.45) is 1.21. The van der Waals surface area contributed by atoms with Crippen molar-refractivity contribution in [2.45, 2.75) is 24.9 Å². The number of hydrogen-bond donors (Lipinski definition) is 1. The van der Waals surface area contributed by atoms with Crippen LogP contribution in [-0.4, -0.2) is 74.9 Å². The Bertz CT molecular complexity index is 601. The molecule has 0 saturated carbocycles. The predicted molar refractivity (Wildman–Crippen MR) is 98.4 cm³/mol. The van der Waals surface area contributed by atoms with Crippen molar-refractivity contribution in [1.29, 1.82) is 0 Å². The molecule has 0 unspecified atom stereocenters. The van der Waals surface area contributed by atoms with Crippen LogP contribution in [0.1, 0.15) is 18.4 Å². The number of piperazine rings is 1. The van der Waals surface area contributed by atoms with Crippen LogP contribution >= 0.6 is 0 Å². The molecule has 2 heterocycles. The summed E-state index contributed by atoms with van der Waals surface area (Å²) in [5, 5.41) is 0. The molecule has 1 aromatic carbocycles. The summed E-state index contributed by atoms with van der Waals surface area (Å²) in [5.74, 6) is 1.65. The maximum Gasteiger partial charge on any atom is 0.242 e. The summed E-state index contributed by atoms with van der Waals surface area (Å²) < 4.78 is 16.0. The van der Waals surface area contributed by atoms with Gasteiger partial charge in [0.2, 0.25) is 5.91 Å². The Balaban J connectivity index is 1.56. The van der Waals surface area contributed by atoms with E-state index in [1.54, 1.807) is 14.2 Å². The molecule has 144 valence electrons. The lowest BCUT2D eigenvalue weighted by Gasteiger charge is -2.41. The number of ether oxygens (including phenoxy) is 3. The minimum absolute atomic E-state index is 0.0727. The molecule has 0 bridgehead atoms. The van der Waals surface area contributed by atoms with Crippen molar-refractivity contribution in [2.75, 3.05) is 53.6 Å². The van der Waals surface area contributed by atoms with Crippen LogP contribution in [0.5, 0.6) is 11.5 Å². The molecular weight excluding hydrogens is 334 g/mol. The zero-order valence-electron chi connectivity index (χ0n) is 15.7. The van der Waals surface area contributed by atoms with Gasteiger partial charge in [-0.25, -0.2) is 0 Å². The number of hydrogen-bond acceptors (Lipinski definition) is 6. The third kappa shape index (κ3) is 4.28. The van der Waals surface area contributed by atoms with Crippen molar-refractivity contribution < 1.29 is 19.0 Å². The fraction of sp³-hybridized carbons (Fsp3) is 0.632. The van der Waals surface area contributed by atoms with Gasteiger partial charge in [0.25, 0.3) is 0 Å². The molecule has 0 atom stereocenters. The van der Waals surface area contributed by atoms with Crippen LogP contribution in [-0.2, 0) is 16.1 Å². The average molecular weight is 363 g/mol. The number of rotatable bonds is 5. The van der Waals surface area contributed by atoms with E-state index in [1.807, 2.05) is 23.1 Å². The highest BCUT2D eigenvalue weighted by molar-refractivity contribution is 5.86. The Kier molecular flexibility index (Phi) is 6.01. The average Bonchev–Trinajstić information content (AvgIpc) is 2.68. The van der Waals surface area contributed by atoms with Gasteiger partial charge in [0.05, 0.1) is 19.8 Å². The van der Waals surface area contributed by atoms with Crippen molar-refractivity contribution in [3.8, 4) is 11.5 Å². The third-order valence-electron chi connectivity index (χ3n) is 5.29. The fourth-order valence-corrected chi connectivity index (χ4v) is 3.59. The first kappa shape index (κ1) is 18.9. The standard InChI is InChI=1S/C19H29N3O4/c1-24-16-11-15(12-17(13-16)25-2)14-21-5-7-22(8-6-21)18(23)19(20)3-9-26-10-4-19/h11-13H,3-10,14,20H2,1-2H3. The first-order valence-corrected chi connectivity index (χ1v) is 9.14. The zero-order valence-corrected chi connectivity index (χ0v) is 15.7. The van der Waals surface area contributed by atoms with Crippen LogP contribution in [0.2, 0.25) is 0 Å². The normalized spacial score (nSPS) is 20.7. The van der Waals surface area contributed by atoms with E-state index in [4.69, 9.17) is 19.9 Å². The summed E-state index contributed by atoms with van der Waals surface area (Å²) in [6.45, 7) is 5.02. The third-order valence-corrected chi connectivity index (χ3v) is 5.29. The second-order valence-corrected chi connectivity index (χ2v) is 7.06. The van der Waals surface area contributed by atoms with Crippen LogP contribution in [0, 0.1) is 0 Å². The van der Waals surface area contributed by atoms with Crippen LogP contribution in [0.4, 0.5) is 0 Å². The molecule has 3 rings (SSSR count). The quantitative estimate of drug-likeness (QED) is 0.836. The molecule has 26 heavy (non-hydrogen) atoms.